The topological polar surface area (TPSA) is 17.1 Å². The molecule has 0 spiro atoms. The Labute approximate surface area is 93.6 Å². The lowest BCUT2D eigenvalue weighted by atomic mass is 9.74. The Balaban J connectivity index is 1.83. The van der Waals surface area contributed by atoms with Crippen molar-refractivity contribution in [2.45, 2.75) is 64.7 Å². The fourth-order valence-corrected chi connectivity index (χ4v) is 3.38. The van der Waals surface area contributed by atoms with Crippen molar-refractivity contribution in [1.82, 2.24) is 0 Å². The Morgan fingerprint density at radius 1 is 1.13 bits per heavy atom. The molecule has 2 unspecified atom stereocenters. The summed E-state index contributed by atoms with van der Waals surface area (Å²) in [5.74, 6) is 2.66. The number of ketones is 1. The van der Waals surface area contributed by atoms with E-state index >= 15 is 0 Å². The summed E-state index contributed by atoms with van der Waals surface area (Å²) >= 11 is 0. The molecule has 0 aliphatic heterocycles. The lowest BCUT2D eigenvalue weighted by Gasteiger charge is -2.30. The average molecular weight is 208 g/mol. The molecule has 0 amide bonds. The molecular weight excluding hydrogens is 184 g/mol. The van der Waals surface area contributed by atoms with E-state index in [0.717, 1.165) is 24.7 Å². The van der Waals surface area contributed by atoms with Crippen LogP contribution in [0.25, 0.3) is 0 Å². The van der Waals surface area contributed by atoms with Crippen LogP contribution in [0, 0.1) is 17.8 Å². The zero-order chi connectivity index (χ0) is 10.7. The summed E-state index contributed by atoms with van der Waals surface area (Å²) in [7, 11) is 0. The highest BCUT2D eigenvalue weighted by molar-refractivity contribution is 5.81. The SMILES string of the molecule is CC1CCC(=O)C(CC2CCCCC2)C1. The second-order valence-electron chi connectivity index (χ2n) is 5.78. The van der Waals surface area contributed by atoms with Crippen LogP contribution >= 0.6 is 0 Å². The molecule has 0 saturated heterocycles. The molecule has 2 atom stereocenters. The molecule has 1 nitrogen and oxygen atoms in total. The third-order valence-corrected chi connectivity index (χ3v) is 4.37. The highest BCUT2D eigenvalue weighted by Gasteiger charge is 2.29. The molecule has 0 radical (unpaired) electrons. The predicted molar refractivity (Wildman–Crippen MR) is 62.7 cm³/mol. The minimum Gasteiger partial charge on any atom is -0.299 e. The van der Waals surface area contributed by atoms with Crippen molar-refractivity contribution in [2.24, 2.45) is 17.8 Å². The van der Waals surface area contributed by atoms with Crippen molar-refractivity contribution in [3.8, 4) is 0 Å². The molecular formula is C14H24O. The van der Waals surface area contributed by atoms with Gasteiger partial charge in [0.2, 0.25) is 0 Å². The van der Waals surface area contributed by atoms with Crippen LogP contribution < -0.4 is 0 Å². The molecule has 0 aromatic heterocycles. The third kappa shape index (κ3) is 3.06. The van der Waals surface area contributed by atoms with E-state index in [1.807, 2.05) is 0 Å². The largest absolute Gasteiger partial charge is 0.299 e. The number of Topliss-reactive ketones (excluding diaryl/α,β-unsaturated/α-hetero) is 1. The lowest BCUT2D eigenvalue weighted by Crippen LogP contribution is -2.26. The summed E-state index contributed by atoms with van der Waals surface area (Å²) in [4.78, 5) is 11.8. The van der Waals surface area contributed by atoms with Gasteiger partial charge in [-0.1, -0.05) is 39.0 Å². The zero-order valence-corrected chi connectivity index (χ0v) is 10.0. The number of carbonyl (C=O) groups is 1. The summed E-state index contributed by atoms with van der Waals surface area (Å²) in [5, 5.41) is 0. The smallest absolute Gasteiger partial charge is 0.136 e. The summed E-state index contributed by atoms with van der Waals surface area (Å²) in [6, 6.07) is 0. The van der Waals surface area contributed by atoms with Gasteiger partial charge in [0.15, 0.2) is 0 Å². The van der Waals surface area contributed by atoms with Crippen LogP contribution in [0.4, 0.5) is 0 Å². The van der Waals surface area contributed by atoms with E-state index in [4.69, 9.17) is 0 Å². The van der Waals surface area contributed by atoms with E-state index in [1.54, 1.807) is 0 Å². The summed E-state index contributed by atoms with van der Waals surface area (Å²) < 4.78 is 0. The standard InChI is InChI=1S/C14H24O/c1-11-7-8-14(15)13(9-11)10-12-5-3-2-4-6-12/h11-13H,2-10H2,1H3. The fraction of sp³-hybridized carbons (Fsp3) is 0.929. The number of rotatable bonds is 2. The van der Waals surface area contributed by atoms with Gasteiger partial charge in [0.05, 0.1) is 0 Å². The first-order valence-electron chi connectivity index (χ1n) is 6.78. The zero-order valence-electron chi connectivity index (χ0n) is 10.0. The van der Waals surface area contributed by atoms with E-state index in [9.17, 15) is 4.79 Å². The molecule has 2 aliphatic rings. The number of hydrogen-bond donors (Lipinski definition) is 0. The molecule has 0 heterocycles. The van der Waals surface area contributed by atoms with E-state index in [1.165, 1.54) is 44.9 Å². The Morgan fingerprint density at radius 2 is 1.87 bits per heavy atom. The molecule has 2 aliphatic carbocycles. The van der Waals surface area contributed by atoms with Crippen molar-refractivity contribution < 1.29 is 4.79 Å². The van der Waals surface area contributed by atoms with E-state index in [0.29, 0.717) is 11.7 Å². The van der Waals surface area contributed by atoms with E-state index in [-0.39, 0.29) is 0 Å². The molecule has 2 saturated carbocycles. The maximum atomic E-state index is 11.8. The molecule has 2 fully saturated rings. The van der Waals surface area contributed by atoms with Gasteiger partial charge in [0.1, 0.15) is 5.78 Å². The Hall–Kier alpha value is -0.330. The highest BCUT2D eigenvalue weighted by Crippen LogP contribution is 2.35. The van der Waals surface area contributed by atoms with Crippen LogP contribution in [-0.4, -0.2) is 5.78 Å². The quantitative estimate of drug-likeness (QED) is 0.671. The second kappa shape index (κ2) is 5.14. The van der Waals surface area contributed by atoms with Crippen molar-refractivity contribution in [2.75, 3.05) is 0 Å². The molecule has 2 rings (SSSR count). The summed E-state index contributed by atoms with van der Waals surface area (Å²) in [6.45, 7) is 2.31. The van der Waals surface area contributed by atoms with Crippen molar-refractivity contribution in [3.63, 3.8) is 0 Å². The molecule has 15 heavy (non-hydrogen) atoms. The molecule has 0 aromatic carbocycles. The van der Waals surface area contributed by atoms with Crippen molar-refractivity contribution >= 4 is 5.78 Å². The first-order valence-corrected chi connectivity index (χ1v) is 6.78. The summed E-state index contributed by atoms with van der Waals surface area (Å²) in [6.07, 6.45) is 11.4. The van der Waals surface area contributed by atoms with E-state index < -0.39 is 0 Å². The minimum absolute atomic E-state index is 0.428. The van der Waals surface area contributed by atoms with Crippen LogP contribution in [-0.2, 0) is 4.79 Å². The van der Waals surface area contributed by atoms with E-state index in [2.05, 4.69) is 6.92 Å². The maximum absolute atomic E-state index is 11.8. The lowest BCUT2D eigenvalue weighted by molar-refractivity contribution is -0.126. The fourth-order valence-electron chi connectivity index (χ4n) is 3.38. The van der Waals surface area contributed by atoms with Crippen LogP contribution in [0.5, 0.6) is 0 Å². The Bertz CT molecular complexity index is 215. The number of carbonyl (C=O) groups excluding carboxylic acids is 1. The van der Waals surface area contributed by atoms with Gasteiger partial charge in [-0.3, -0.25) is 4.79 Å². The van der Waals surface area contributed by atoms with Crippen LogP contribution in [0.1, 0.15) is 64.7 Å². The Kier molecular flexibility index (Phi) is 3.82. The molecule has 0 bridgehead atoms. The molecule has 0 aromatic rings. The Morgan fingerprint density at radius 3 is 2.60 bits per heavy atom. The first kappa shape index (κ1) is 11.2. The molecule has 1 heteroatoms. The second-order valence-corrected chi connectivity index (χ2v) is 5.78. The van der Waals surface area contributed by atoms with Gasteiger partial charge in [-0.25, -0.2) is 0 Å². The van der Waals surface area contributed by atoms with Gasteiger partial charge in [0.25, 0.3) is 0 Å². The van der Waals surface area contributed by atoms with Crippen LogP contribution in [0.2, 0.25) is 0 Å². The number of hydrogen-bond acceptors (Lipinski definition) is 1. The highest BCUT2D eigenvalue weighted by atomic mass is 16.1. The maximum Gasteiger partial charge on any atom is 0.136 e. The third-order valence-electron chi connectivity index (χ3n) is 4.37. The van der Waals surface area contributed by atoms with Crippen LogP contribution in [0.3, 0.4) is 0 Å². The minimum atomic E-state index is 0.428. The van der Waals surface area contributed by atoms with Gasteiger partial charge < -0.3 is 0 Å². The summed E-state index contributed by atoms with van der Waals surface area (Å²) in [5.41, 5.74) is 0. The normalized spacial score (nSPS) is 34.3. The van der Waals surface area contributed by atoms with Gasteiger partial charge >= 0.3 is 0 Å². The molecule has 86 valence electrons. The van der Waals surface area contributed by atoms with Crippen LogP contribution in [0.15, 0.2) is 0 Å². The first-order chi connectivity index (χ1) is 7.25. The van der Waals surface area contributed by atoms with Gasteiger partial charge in [0, 0.05) is 12.3 Å². The van der Waals surface area contributed by atoms with Gasteiger partial charge in [-0.2, -0.15) is 0 Å². The van der Waals surface area contributed by atoms with Gasteiger partial charge in [-0.15, -0.1) is 0 Å². The van der Waals surface area contributed by atoms with Gasteiger partial charge in [-0.05, 0) is 31.1 Å². The average Bonchev–Trinajstić information content (AvgIpc) is 2.25. The molecule has 0 N–H and O–H groups in total. The monoisotopic (exact) mass is 208 g/mol. The van der Waals surface area contributed by atoms with Crippen molar-refractivity contribution in [3.05, 3.63) is 0 Å². The van der Waals surface area contributed by atoms with Crippen molar-refractivity contribution in [1.29, 1.82) is 0 Å². The predicted octanol–water partition coefficient (Wildman–Crippen LogP) is 3.96.